The Morgan fingerprint density at radius 2 is 2.39 bits per heavy atom. The van der Waals surface area contributed by atoms with Crippen molar-refractivity contribution in [3.63, 3.8) is 0 Å². The van der Waals surface area contributed by atoms with E-state index in [4.69, 9.17) is 4.74 Å². The van der Waals surface area contributed by atoms with E-state index in [2.05, 4.69) is 35.3 Å². The zero-order valence-electron chi connectivity index (χ0n) is 11.1. The first kappa shape index (κ1) is 12.0. The van der Waals surface area contributed by atoms with Crippen LogP contribution in [0.1, 0.15) is 18.1 Å². The molecule has 0 saturated carbocycles. The Hall–Kier alpha value is -1.06. The van der Waals surface area contributed by atoms with Crippen LogP contribution in [0.2, 0.25) is 0 Å². The van der Waals surface area contributed by atoms with E-state index < -0.39 is 0 Å². The lowest BCUT2D eigenvalue weighted by atomic mass is 10.1. The van der Waals surface area contributed by atoms with E-state index in [0.717, 1.165) is 38.3 Å². The summed E-state index contributed by atoms with van der Waals surface area (Å²) in [5.74, 6) is 1.09. The van der Waals surface area contributed by atoms with Crippen molar-refractivity contribution in [3.8, 4) is 5.75 Å². The Morgan fingerprint density at radius 3 is 3.28 bits per heavy atom. The lowest BCUT2D eigenvalue weighted by Gasteiger charge is -2.33. The maximum absolute atomic E-state index is 5.55. The highest BCUT2D eigenvalue weighted by Crippen LogP contribution is 2.26. The zero-order valence-corrected chi connectivity index (χ0v) is 11.1. The molecule has 18 heavy (non-hydrogen) atoms. The van der Waals surface area contributed by atoms with Crippen LogP contribution in [0.15, 0.2) is 18.2 Å². The van der Waals surface area contributed by atoms with Crippen molar-refractivity contribution < 1.29 is 4.74 Å². The molecular formula is C15H22N2O. The van der Waals surface area contributed by atoms with Crippen molar-refractivity contribution in [2.45, 2.75) is 25.8 Å². The van der Waals surface area contributed by atoms with E-state index in [1.165, 1.54) is 24.2 Å². The summed E-state index contributed by atoms with van der Waals surface area (Å²) in [5, 5.41) is 3.44. The second-order valence-corrected chi connectivity index (χ2v) is 5.38. The third-order valence-electron chi connectivity index (χ3n) is 4.08. The Morgan fingerprint density at radius 1 is 1.44 bits per heavy atom. The maximum atomic E-state index is 5.55. The zero-order chi connectivity index (χ0) is 12.4. The van der Waals surface area contributed by atoms with Crippen LogP contribution in [0.25, 0.3) is 0 Å². The fourth-order valence-corrected chi connectivity index (χ4v) is 2.88. The standard InChI is InChI=1S/C15H22N2O/c1-12-11-16-6-8-17(12)7-4-13-2-3-15-14(10-13)5-9-18-15/h2-3,10,12,16H,4-9,11H2,1H3/t12-/m0/s1. The van der Waals surface area contributed by atoms with E-state index in [9.17, 15) is 0 Å². The van der Waals surface area contributed by atoms with Crippen molar-refractivity contribution in [3.05, 3.63) is 29.3 Å². The first-order chi connectivity index (χ1) is 8.83. The van der Waals surface area contributed by atoms with Crippen molar-refractivity contribution in [2.75, 3.05) is 32.8 Å². The van der Waals surface area contributed by atoms with Crippen LogP contribution in [0, 0.1) is 0 Å². The smallest absolute Gasteiger partial charge is 0.122 e. The third kappa shape index (κ3) is 2.52. The summed E-state index contributed by atoms with van der Waals surface area (Å²) in [6, 6.07) is 7.35. The fourth-order valence-electron chi connectivity index (χ4n) is 2.88. The summed E-state index contributed by atoms with van der Waals surface area (Å²) in [4.78, 5) is 2.58. The van der Waals surface area contributed by atoms with Crippen molar-refractivity contribution in [1.29, 1.82) is 0 Å². The van der Waals surface area contributed by atoms with Gasteiger partial charge in [-0.25, -0.2) is 0 Å². The number of rotatable bonds is 3. The third-order valence-corrected chi connectivity index (χ3v) is 4.08. The summed E-state index contributed by atoms with van der Waals surface area (Å²) in [5.41, 5.74) is 2.84. The molecule has 0 unspecified atom stereocenters. The summed E-state index contributed by atoms with van der Waals surface area (Å²) >= 11 is 0. The van der Waals surface area contributed by atoms with Crippen LogP contribution >= 0.6 is 0 Å². The molecule has 2 aliphatic rings. The molecule has 0 aliphatic carbocycles. The molecular weight excluding hydrogens is 224 g/mol. The first-order valence-corrected chi connectivity index (χ1v) is 7.02. The van der Waals surface area contributed by atoms with E-state index in [0.29, 0.717) is 6.04 Å². The largest absolute Gasteiger partial charge is 0.493 e. The average Bonchev–Trinajstić information content (AvgIpc) is 2.85. The lowest BCUT2D eigenvalue weighted by Crippen LogP contribution is -2.50. The minimum atomic E-state index is 0.663. The highest BCUT2D eigenvalue weighted by molar-refractivity contribution is 5.39. The molecule has 3 rings (SSSR count). The number of benzene rings is 1. The summed E-state index contributed by atoms with van der Waals surface area (Å²) < 4.78 is 5.55. The molecule has 3 heteroatoms. The molecule has 1 fully saturated rings. The van der Waals surface area contributed by atoms with Gasteiger partial charge in [-0.15, -0.1) is 0 Å². The molecule has 0 bridgehead atoms. The topological polar surface area (TPSA) is 24.5 Å². The molecule has 0 aromatic heterocycles. The number of fused-ring (bicyclic) bond motifs is 1. The fraction of sp³-hybridized carbons (Fsp3) is 0.600. The van der Waals surface area contributed by atoms with Gasteiger partial charge in [0, 0.05) is 38.6 Å². The molecule has 2 aliphatic heterocycles. The van der Waals surface area contributed by atoms with E-state index in [1.54, 1.807) is 0 Å². The van der Waals surface area contributed by atoms with Crippen LogP contribution in [0.3, 0.4) is 0 Å². The quantitative estimate of drug-likeness (QED) is 0.874. The van der Waals surface area contributed by atoms with E-state index in [1.807, 2.05) is 0 Å². The van der Waals surface area contributed by atoms with Gasteiger partial charge in [-0.05, 0) is 30.5 Å². The Kier molecular flexibility index (Phi) is 3.52. The highest BCUT2D eigenvalue weighted by Gasteiger charge is 2.17. The van der Waals surface area contributed by atoms with E-state index in [-0.39, 0.29) is 0 Å². The lowest BCUT2D eigenvalue weighted by molar-refractivity contribution is 0.176. The maximum Gasteiger partial charge on any atom is 0.122 e. The second kappa shape index (κ2) is 5.29. The van der Waals surface area contributed by atoms with Gasteiger partial charge in [0.15, 0.2) is 0 Å². The van der Waals surface area contributed by atoms with Crippen molar-refractivity contribution in [2.24, 2.45) is 0 Å². The van der Waals surface area contributed by atoms with Gasteiger partial charge < -0.3 is 10.1 Å². The van der Waals surface area contributed by atoms with Crippen molar-refractivity contribution in [1.82, 2.24) is 10.2 Å². The highest BCUT2D eigenvalue weighted by atomic mass is 16.5. The van der Waals surface area contributed by atoms with Gasteiger partial charge in [0.2, 0.25) is 0 Å². The van der Waals surface area contributed by atoms with Crippen LogP contribution in [-0.4, -0.2) is 43.7 Å². The molecule has 2 heterocycles. The predicted molar refractivity (Wildman–Crippen MR) is 73.2 cm³/mol. The molecule has 0 radical (unpaired) electrons. The first-order valence-electron chi connectivity index (χ1n) is 7.02. The van der Waals surface area contributed by atoms with Crippen LogP contribution < -0.4 is 10.1 Å². The van der Waals surface area contributed by atoms with Crippen LogP contribution in [-0.2, 0) is 12.8 Å². The number of piperazine rings is 1. The van der Waals surface area contributed by atoms with Gasteiger partial charge in [0.05, 0.1) is 6.61 Å². The van der Waals surface area contributed by atoms with E-state index >= 15 is 0 Å². The van der Waals surface area contributed by atoms with Gasteiger partial charge in [0.25, 0.3) is 0 Å². The van der Waals surface area contributed by atoms with Gasteiger partial charge in [-0.2, -0.15) is 0 Å². The molecule has 98 valence electrons. The van der Waals surface area contributed by atoms with Gasteiger partial charge >= 0.3 is 0 Å². The number of nitrogens with zero attached hydrogens (tertiary/aromatic N) is 1. The molecule has 1 N–H and O–H groups in total. The molecule has 1 aromatic carbocycles. The molecule has 1 aromatic rings. The predicted octanol–water partition coefficient (Wildman–Crippen LogP) is 1.46. The van der Waals surface area contributed by atoms with Gasteiger partial charge in [-0.1, -0.05) is 12.1 Å². The minimum Gasteiger partial charge on any atom is -0.493 e. The van der Waals surface area contributed by atoms with Crippen molar-refractivity contribution >= 4 is 0 Å². The minimum absolute atomic E-state index is 0.663. The molecule has 0 amide bonds. The summed E-state index contributed by atoms with van der Waals surface area (Å²) in [6.07, 6.45) is 2.23. The van der Waals surface area contributed by atoms with Gasteiger partial charge in [0.1, 0.15) is 5.75 Å². The summed E-state index contributed by atoms with van der Waals surface area (Å²) in [6.45, 7) is 7.76. The molecule has 1 saturated heterocycles. The molecule has 3 nitrogen and oxygen atoms in total. The number of ether oxygens (including phenoxy) is 1. The second-order valence-electron chi connectivity index (χ2n) is 5.38. The average molecular weight is 246 g/mol. The number of nitrogens with one attached hydrogen (secondary N) is 1. The molecule has 1 atom stereocenters. The molecule has 0 spiro atoms. The summed E-state index contributed by atoms with van der Waals surface area (Å²) in [7, 11) is 0. The van der Waals surface area contributed by atoms with Gasteiger partial charge in [-0.3, -0.25) is 4.90 Å². The number of hydrogen-bond acceptors (Lipinski definition) is 3. The SMILES string of the molecule is C[C@H]1CNCCN1CCc1ccc2c(c1)CCO2. The Balaban J connectivity index is 1.59. The normalized spacial score (nSPS) is 23.7. The van der Waals surface area contributed by atoms with Crippen LogP contribution in [0.4, 0.5) is 0 Å². The number of hydrogen-bond donors (Lipinski definition) is 1. The van der Waals surface area contributed by atoms with Crippen LogP contribution in [0.5, 0.6) is 5.75 Å². The monoisotopic (exact) mass is 246 g/mol. The Bertz CT molecular complexity index is 419. The Labute approximate surface area is 109 Å².